The Morgan fingerprint density at radius 2 is 1.51 bits per heavy atom. The molecule has 0 aliphatic carbocycles. The number of carbonyl (C=O) groups is 1. The Bertz CT molecular complexity index is 1430. The van der Waals surface area contributed by atoms with Crippen LogP contribution in [0.25, 0.3) is 11.1 Å². The fourth-order valence-electron chi connectivity index (χ4n) is 4.84. The van der Waals surface area contributed by atoms with Gasteiger partial charge < -0.3 is 9.47 Å². The summed E-state index contributed by atoms with van der Waals surface area (Å²) in [5, 5.41) is 0. The third kappa shape index (κ3) is 6.11. The molecule has 1 aliphatic heterocycles. The molecule has 1 saturated heterocycles. The fraction of sp³-hybridized carbons (Fsp3) is 0.345. The summed E-state index contributed by atoms with van der Waals surface area (Å²) >= 11 is 0. The molecule has 4 nitrogen and oxygen atoms in total. The van der Waals surface area contributed by atoms with Crippen molar-refractivity contribution < 1.29 is 49.4 Å². The Labute approximate surface area is 230 Å². The number of carbonyl (C=O) groups excluding carboxylic acids is 1. The number of hydrogen-bond donors (Lipinski definition) is 0. The van der Waals surface area contributed by atoms with Crippen LogP contribution >= 0.6 is 0 Å². The van der Waals surface area contributed by atoms with Crippen molar-refractivity contribution in [1.29, 1.82) is 0 Å². The maximum atomic E-state index is 14.6. The van der Waals surface area contributed by atoms with Crippen molar-refractivity contribution >= 4 is 6.09 Å². The number of cyclic esters (lactones) is 1. The van der Waals surface area contributed by atoms with Gasteiger partial charge in [0, 0.05) is 11.6 Å². The van der Waals surface area contributed by atoms with Crippen molar-refractivity contribution in [3.8, 4) is 16.9 Å². The number of halogens is 8. The summed E-state index contributed by atoms with van der Waals surface area (Å²) in [5.74, 6) is -1.26. The van der Waals surface area contributed by atoms with Gasteiger partial charge in [0.05, 0.1) is 30.8 Å². The first-order chi connectivity index (χ1) is 19.0. The highest BCUT2D eigenvalue weighted by Gasteiger charge is 2.43. The first kappa shape index (κ1) is 30.1. The minimum atomic E-state index is -5.08. The van der Waals surface area contributed by atoms with E-state index in [-0.39, 0.29) is 29.8 Å². The monoisotopic (exact) mass is 587 g/mol. The topological polar surface area (TPSA) is 38.8 Å². The quantitative estimate of drug-likeness (QED) is 0.271. The lowest BCUT2D eigenvalue weighted by Crippen LogP contribution is -2.31. The van der Waals surface area contributed by atoms with E-state index in [4.69, 9.17) is 9.47 Å². The number of benzene rings is 3. The van der Waals surface area contributed by atoms with E-state index in [1.807, 2.05) is 0 Å². The van der Waals surface area contributed by atoms with Gasteiger partial charge in [-0.1, -0.05) is 19.9 Å². The fourth-order valence-corrected chi connectivity index (χ4v) is 4.84. The number of rotatable bonds is 6. The predicted octanol–water partition coefficient (Wildman–Crippen LogP) is 8.88. The van der Waals surface area contributed by atoms with Crippen LogP contribution in [0.3, 0.4) is 0 Å². The second kappa shape index (κ2) is 10.9. The number of alkyl halides is 6. The van der Waals surface area contributed by atoms with E-state index in [2.05, 4.69) is 0 Å². The highest BCUT2D eigenvalue weighted by molar-refractivity contribution is 5.76. The van der Waals surface area contributed by atoms with Crippen LogP contribution in [-0.4, -0.2) is 24.1 Å². The Morgan fingerprint density at radius 1 is 0.902 bits per heavy atom. The first-order valence-electron chi connectivity index (χ1n) is 12.4. The molecule has 0 aromatic heterocycles. The summed E-state index contributed by atoms with van der Waals surface area (Å²) in [4.78, 5) is 14.0. The minimum absolute atomic E-state index is 0.0107. The summed E-state index contributed by atoms with van der Waals surface area (Å²) < 4.78 is 120. The molecular weight excluding hydrogens is 562 g/mol. The highest BCUT2D eigenvalue weighted by atomic mass is 19.4. The maximum Gasteiger partial charge on any atom is 0.416 e. The highest BCUT2D eigenvalue weighted by Crippen LogP contribution is 2.42. The van der Waals surface area contributed by atoms with Crippen molar-refractivity contribution in [3.05, 3.63) is 88.0 Å². The van der Waals surface area contributed by atoms with Crippen LogP contribution in [-0.2, 0) is 23.6 Å². The molecule has 41 heavy (non-hydrogen) atoms. The Morgan fingerprint density at radius 3 is 2.05 bits per heavy atom. The zero-order valence-electron chi connectivity index (χ0n) is 22.3. The van der Waals surface area contributed by atoms with E-state index in [1.165, 1.54) is 26.2 Å². The van der Waals surface area contributed by atoms with E-state index >= 15 is 0 Å². The molecule has 4 rings (SSSR count). The summed E-state index contributed by atoms with van der Waals surface area (Å²) in [6, 6.07) is 6.41. The van der Waals surface area contributed by atoms with Crippen LogP contribution in [0.1, 0.15) is 60.6 Å². The molecule has 0 radical (unpaired) electrons. The summed E-state index contributed by atoms with van der Waals surface area (Å²) in [6.07, 6.45) is -12.7. The molecule has 0 bridgehead atoms. The zero-order chi connectivity index (χ0) is 30.4. The van der Waals surface area contributed by atoms with E-state index < -0.39 is 58.9 Å². The molecule has 1 aliphatic rings. The van der Waals surface area contributed by atoms with Crippen molar-refractivity contribution in [2.24, 2.45) is 0 Å². The van der Waals surface area contributed by atoms with Gasteiger partial charge in [0.2, 0.25) is 0 Å². The molecule has 1 fully saturated rings. The Kier molecular flexibility index (Phi) is 7.99. The second-order valence-electron chi connectivity index (χ2n) is 10.0. The number of nitrogens with zero attached hydrogens (tertiary/aromatic N) is 1. The Hall–Kier alpha value is -3.83. The van der Waals surface area contributed by atoms with Crippen molar-refractivity contribution in [2.45, 2.75) is 57.7 Å². The van der Waals surface area contributed by atoms with E-state index in [0.717, 1.165) is 17.0 Å². The van der Waals surface area contributed by atoms with E-state index in [9.17, 15) is 39.9 Å². The van der Waals surface area contributed by atoms with Gasteiger partial charge in [-0.2, -0.15) is 26.3 Å². The van der Waals surface area contributed by atoms with Crippen LogP contribution in [0.5, 0.6) is 5.75 Å². The molecule has 3 aromatic carbocycles. The number of amides is 1. The smallest absolute Gasteiger partial charge is 0.416 e. The lowest BCUT2D eigenvalue weighted by Gasteiger charge is -2.24. The maximum absolute atomic E-state index is 14.6. The van der Waals surface area contributed by atoms with E-state index in [1.54, 1.807) is 19.9 Å². The summed E-state index contributed by atoms with van der Waals surface area (Å²) in [6.45, 7) is 4.64. The molecule has 0 N–H and O–H groups in total. The van der Waals surface area contributed by atoms with Crippen LogP contribution in [0.15, 0.2) is 48.5 Å². The van der Waals surface area contributed by atoms with Crippen LogP contribution in [0.4, 0.5) is 39.9 Å². The SMILES string of the molecule is COc1cc(F)c(C(C)C)cc1-c1ccc(F)cc1CN1C(=O)O[C@H](c2cc(C(F)(F)F)cc(C(F)(F)F)c2)[C@@H]1C. The third-order valence-corrected chi connectivity index (χ3v) is 6.97. The molecule has 220 valence electrons. The Balaban J connectivity index is 1.75. The molecule has 1 heterocycles. The van der Waals surface area contributed by atoms with Gasteiger partial charge >= 0.3 is 18.4 Å². The van der Waals surface area contributed by atoms with Gasteiger partial charge in [-0.3, -0.25) is 4.90 Å². The summed E-state index contributed by atoms with van der Waals surface area (Å²) in [5.41, 5.74) is -2.20. The number of hydrogen-bond acceptors (Lipinski definition) is 3. The molecule has 3 aromatic rings. The summed E-state index contributed by atoms with van der Waals surface area (Å²) in [7, 11) is 1.32. The predicted molar refractivity (Wildman–Crippen MR) is 133 cm³/mol. The first-order valence-corrected chi connectivity index (χ1v) is 12.4. The molecule has 2 atom stereocenters. The van der Waals surface area contributed by atoms with Gasteiger partial charge in [-0.25, -0.2) is 13.6 Å². The number of methoxy groups -OCH3 is 1. The lowest BCUT2D eigenvalue weighted by molar-refractivity contribution is -0.143. The minimum Gasteiger partial charge on any atom is -0.496 e. The standard InChI is InChI=1S/C29H25F8NO3/c1-14(2)22-11-23(25(40-4)12-24(22)31)21-6-5-20(30)9-17(21)13-38-15(3)26(41-27(38)39)16-7-18(28(32,33)34)10-19(8-16)29(35,36)37/h5-12,14-15,26H,13H2,1-4H3/t15-,26-/m0/s1. The second-order valence-corrected chi connectivity index (χ2v) is 10.0. The van der Waals surface area contributed by atoms with Crippen LogP contribution < -0.4 is 4.74 Å². The molecule has 12 heteroatoms. The average molecular weight is 588 g/mol. The van der Waals surface area contributed by atoms with Crippen molar-refractivity contribution in [3.63, 3.8) is 0 Å². The average Bonchev–Trinajstić information content (AvgIpc) is 3.15. The third-order valence-electron chi connectivity index (χ3n) is 6.97. The van der Waals surface area contributed by atoms with E-state index in [0.29, 0.717) is 28.8 Å². The van der Waals surface area contributed by atoms with Crippen molar-refractivity contribution in [1.82, 2.24) is 4.90 Å². The van der Waals surface area contributed by atoms with Gasteiger partial charge in [0.1, 0.15) is 23.5 Å². The molecule has 1 amide bonds. The number of ether oxygens (including phenoxy) is 2. The van der Waals surface area contributed by atoms with Crippen LogP contribution in [0.2, 0.25) is 0 Å². The van der Waals surface area contributed by atoms with Crippen LogP contribution in [0, 0.1) is 11.6 Å². The largest absolute Gasteiger partial charge is 0.496 e. The lowest BCUT2D eigenvalue weighted by atomic mass is 9.92. The molecular formula is C29H25F8NO3. The van der Waals surface area contributed by atoms with Gasteiger partial charge in [-0.15, -0.1) is 0 Å². The normalized spacial score (nSPS) is 17.8. The van der Waals surface area contributed by atoms with Gasteiger partial charge in [-0.05, 0) is 71.5 Å². The van der Waals surface area contributed by atoms with Crippen molar-refractivity contribution in [2.75, 3.05) is 7.11 Å². The zero-order valence-corrected chi connectivity index (χ0v) is 22.3. The van der Waals surface area contributed by atoms with Gasteiger partial charge in [0.15, 0.2) is 0 Å². The molecule has 0 spiro atoms. The molecule has 0 saturated carbocycles. The van der Waals surface area contributed by atoms with Gasteiger partial charge in [0.25, 0.3) is 0 Å². The molecule has 0 unspecified atom stereocenters.